The van der Waals surface area contributed by atoms with Gasteiger partial charge in [-0.1, -0.05) is 115 Å². The van der Waals surface area contributed by atoms with Crippen molar-refractivity contribution in [1.29, 1.82) is 0 Å². The average molecular weight is 498 g/mol. The minimum absolute atomic E-state index is 0.846. The van der Waals surface area contributed by atoms with Crippen LogP contribution in [0.5, 0.6) is 0 Å². The highest BCUT2D eigenvalue weighted by Gasteiger charge is 2.06. The van der Waals surface area contributed by atoms with Gasteiger partial charge in [0.05, 0.1) is 0 Å². The van der Waals surface area contributed by atoms with Gasteiger partial charge in [-0.15, -0.1) is 9.24 Å². The molecule has 1 unspecified atom stereocenters. The van der Waals surface area contributed by atoms with Crippen molar-refractivity contribution in [3.8, 4) is 0 Å². The smallest absolute Gasteiger partial charge is 0.105 e. The third-order valence-electron chi connectivity index (χ3n) is 7.52. The minimum atomic E-state index is 0.846. The Morgan fingerprint density at radius 3 is 1.37 bits per heavy atom. The van der Waals surface area contributed by atoms with E-state index in [1.165, 1.54) is 64.6 Å². The molecule has 0 fully saturated rings. The minimum Gasteiger partial charge on any atom is -0.105 e. The molecule has 0 nitrogen and oxygen atoms in total. The Labute approximate surface area is 225 Å². The van der Waals surface area contributed by atoms with Gasteiger partial charge in [-0.05, 0) is 94.2 Å². The van der Waals surface area contributed by atoms with Crippen LogP contribution in [0.1, 0.15) is 0 Å². The van der Waals surface area contributed by atoms with Gasteiger partial charge in [0.2, 0.25) is 0 Å². The van der Waals surface area contributed by atoms with E-state index >= 15 is 0 Å². The first-order valence-electron chi connectivity index (χ1n) is 12.9. The zero-order valence-corrected chi connectivity index (χ0v) is 22.0. The van der Waals surface area contributed by atoms with E-state index in [1.807, 2.05) is 12.1 Å². The molecule has 0 bridgehead atoms. The summed E-state index contributed by atoms with van der Waals surface area (Å²) in [6.07, 6.45) is 0. The van der Waals surface area contributed by atoms with Crippen molar-refractivity contribution in [1.82, 2.24) is 0 Å². The van der Waals surface area contributed by atoms with Gasteiger partial charge in [0.25, 0.3) is 0 Å². The Hall–Kier alpha value is -4.19. The van der Waals surface area contributed by atoms with Crippen molar-refractivity contribution in [2.24, 2.45) is 0 Å². The highest BCUT2D eigenvalue weighted by molar-refractivity contribution is 7.28. The molecule has 0 spiro atoms. The predicted octanol–water partition coefficient (Wildman–Crippen LogP) is 8.59. The van der Waals surface area contributed by atoms with Gasteiger partial charge >= 0.3 is 0 Å². The van der Waals surface area contributed by atoms with Crippen LogP contribution in [0.4, 0.5) is 0 Å². The lowest BCUT2D eigenvalue weighted by molar-refractivity contribution is 1.79. The van der Waals surface area contributed by atoms with Crippen LogP contribution in [-0.2, 0) is 0 Å². The summed E-state index contributed by atoms with van der Waals surface area (Å²) in [6, 6.07) is 47.3. The molecule has 2 radical (unpaired) electrons. The summed E-state index contributed by atoms with van der Waals surface area (Å²) in [5, 5.41) is 16.5. The van der Waals surface area contributed by atoms with Gasteiger partial charge in [0, 0.05) is 0 Å². The molecular weight excluding hydrogens is 474 g/mol. The second-order valence-corrected chi connectivity index (χ2v) is 10.5. The number of hydrogen-bond donors (Lipinski definition) is 0. The lowest BCUT2D eigenvalue weighted by atomic mass is 9.87. The van der Waals surface area contributed by atoms with Crippen molar-refractivity contribution >= 4 is 92.5 Å². The molecule has 1 atom stereocenters. The molecule has 176 valence electrons. The summed E-state index contributed by atoms with van der Waals surface area (Å²) in [6.45, 7) is 0. The Balaban J connectivity index is 0.000000127. The molecule has 0 saturated heterocycles. The second kappa shape index (κ2) is 9.28. The first kappa shape index (κ1) is 23.0. The number of benzene rings is 8. The van der Waals surface area contributed by atoms with Crippen LogP contribution in [0.25, 0.3) is 64.6 Å². The van der Waals surface area contributed by atoms with Crippen molar-refractivity contribution in [2.45, 2.75) is 0 Å². The fourth-order valence-electron chi connectivity index (χ4n) is 5.66. The molecule has 0 N–H and O–H groups in total. The number of hydrogen-bond acceptors (Lipinski definition) is 0. The summed E-state index contributed by atoms with van der Waals surface area (Å²) >= 11 is 0. The van der Waals surface area contributed by atoms with E-state index in [4.69, 9.17) is 7.85 Å². The summed E-state index contributed by atoms with van der Waals surface area (Å²) < 4.78 is 0. The lowest BCUT2D eigenvalue weighted by Crippen LogP contribution is -2.03. The van der Waals surface area contributed by atoms with Crippen LogP contribution >= 0.6 is 9.24 Å². The van der Waals surface area contributed by atoms with Crippen LogP contribution in [0.2, 0.25) is 0 Å². The molecule has 8 rings (SSSR count). The Bertz CT molecular complexity index is 2000. The van der Waals surface area contributed by atoms with Crippen molar-refractivity contribution in [3.05, 3.63) is 133 Å². The van der Waals surface area contributed by atoms with E-state index in [1.54, 1.807) is 0 Å². The Morgan fingerprint density at radius 1 is 0.368 bits per heavy atom. The monoisotopic (exact) mass is 498 g/mol. The van der Waals surface area contributed by atoms with Crippen LogP contribution in [0.3, 0.4) is 0 Å². The molecule has 0 saturated carbocycles. The van der Waals surface area contributed by atoms with Crippen molar-refractivity contribution in [2.75, 3.05) is 0 Å². The quantitative estimate of drug-likeness (QED) is 0.0850. The fourth-order valence-corrected chi connectivity index (χ4v) is 6.09. The maximum Gasteiger partial charge on any atom is 0.114 e. The van der Waals surface area contributed by atoms with E-state index < -0.39 is 0 Å². The lowest BCUT2D eigenvalue weighted by Gasteiger charge is -2.09. The maximum atomic E-state index is 6.17. The van der Waals surface area contributed by atoms with Gasteiger partial charge in [-0.2, -0.15) is 0 Å². The predicted molar refractivity (Wildman–Crippen MR) is 173 cm³/mol. The molecule has 0 heterocycles. The standard InChI is InChI=1S/C18H11B.C18H13P/c2*19-17-7-3-6-12-8-9-15-10-13-4-1-2-5-14(13)11-16(15)18(12)17/h1-11H;1-11H,19H2. The highest BCUT2D eigenvalue weighted by atomic mass is 31.0. The van der Waals surface area contributed by atoms with Gasteiger partial charge in [0.15, 0.2) is 0 Å². The van der Waals surface area contributed by atoms with Crippen LogP contribution in [0, 0.1) is 0 Å². The topological polar surface area (TPSA) is 0 Å². The van der Waals surface area contributed by atoms with E-state index in [9.17, 15) is 0 Å². The van der Waals surface area contributed by atoms with E-state index in [-0.39, 0.29) is 0 Å². The maximum absolute atomic E-state index is 6.17. The molecule has 8 aromatic rings. The molecule has 38 heavy (non-hydrogen) atoms. The Kier molecular flexibility index (Phi) is 5.61. The SMILES string of the molecule is Pc1cccc2ccc3cc4ccccc4cc3c12.[B]c1cccc2ccc3cc4ccccc4cc3c12. The van der Waals surface area contributed by atoms with Gasteiger partial charge in [-0.25, -0.2) is 0 Å². The van der Waals surface area contributed by atoms with Crippen molar-refractivity contribution < 1.29 is 0 Å². The normalized spacial score (nSPS) is 11.4. The second-order valence-electron chi connectivity index (χ2n) is 9.86. The number of fused-ring (bicyclic) bond motifs is 8. The third kappa shape index (κ3) is 3.92. The summed E-state index contributed by atoms with van der Waals surface area (Å²) in [7, 11) is 9.02. The average Bonchev–Trinajstić information content (AvgIpc) is 2.95. The zero-order valence-electron chi connectivity index (χ0n) is 20.9. The molecule has 0 amide bonds. The summed E-state index contributed by atoms with van der Waals surface area (Å²) in [5.74, 6) is 0. The third-order valence-corrected chi connectivity index (χ3v) is 8.00. The molecular formula is C36H24BP. The molecule has 0 aliphatic rings. The van der Waals surface area contributed by atoms with E-state index in [2.05, 4.69) is 131 Å². The first-order valence-corrected chi connectivity index (χ1v) is 13.4. The first-order chi connectivity index (χ1) is 18.7. The van der Waals surface area contributed by atoms with Gasteiger partial charge < -0.3 is 0 Å². The zero-order chi connectivity index (χ0) is 25.6. The van der Waals surface area contributed by atoms with E-state index in [0.717, 1.165) is 10.8 Å². The summed E-state index contributed by atoms with van der Waals surface area (Å²) in [4.78, 5) is 0. The highest BCUT2D eigenvalue weighted by Crippen LogP contribution is 2.30. The molecule has 0 aliphatic heterocycles. The fraction of sp³-hybridized carbons (Fsp3) is 0. The van der Waals surface area contributed by atoms with E-state index in [0.29, 0.717) is 0 Å². The number of rotatable bonds is 0. The van der Waals surface area contributed by atoms with Gasteiger partial charge in [0.1, 0.15) is 7.85 Å². The Morgan fingerprint density at radius 2 is 0.789 bits per heavy atom. The molecule has 2 heteroatoms. The van der Waals surface area contributed by atoms with Crippen LogP contribution in [0.15, 0.2) is 133 Å². The molecule has 8 aromatic carbocycles. The van der Waals surface area contributed by atoms with Gasteiger partial charge in [-0.3, -0.25) is 0 Å². The molecule has 0 aromatic heterocycles. The largest absolute Gasteiger partial charge is 0.114 e. The molecule has 0 aliphatic carbocycles. The summed E-state index contributed by atoms with van der Waals surface area (Å²) in [5.41, 5.74) is 0.846. The van der Waals surface area contributed by atoms with Crippen molar-refractivity contribution in [3.63, 3.8) is 0 Å². The van der Waals surface area contributed by atoms with Crippen LogP contribution in [-0.4, -0.2) is 7.85 Å². The van der Waals surface area contributed by atoms with Crippen LogP contribution < -0.4 is 10.8 Å².